The lowest BCUT2D eigenvalue weighted by molar-refractivity contribution is -0.384. The van der Waals surface area contributed by atoms with E-state index in [1.807, 2.05) is 6.07 Å². The Morgan fingerprint density at radius 1 is 1.25 bits per heavy atom. The zero-order chi connectivity index (χ0) is 20.3. The van der Waals surface area contributed by atoms with E-state index in [2.05, 4.69) is 0 Å². The maximum atomic E-state index is 12.8. The minimum absolute atomic E-state index is 0.100. The Balaban J connectivity index is 1.88. The summed E-state index contributed by atoms with van der Waals surface area (Å²) in [6, 6.07) is 13.7. The largest absolute Gasteiger partial charge is 0.480 e. The number of benzene rings is 2. The van der Waals surface area contributed by atoms with Gasteiger partial charge in [-0.1, -0.05) is 66.4 Å². The molecule has 7 nitrogen and oxygen atoms in total. The van der Waals surface area contributed by atoms with Gasteiger partial charge in [0, 0.05) is 18.6 Å². The molecule has 1 fully saturated rings. The number of hydrogen-bond acceptors (Lipinski definition) is 6. The number of non-ortho nitro benzene ring substituents is 1. The summed E-state index contributed by atoms with van der Waals surface area (Å²) >= 11 is 6.23. The van der Waals surface area contributed by atoms with Crippen LogP contribution in [0.25, 0.3) is 6.08 Å². The lowest BCUT2D eigenvalue weighted by Gasteiger charge is -2.23. The highest BCUT2D eigenvalue weighted by Gasteiger charge is 2.40. The summed E-state index contributed by atoms with van der Waals surface area (Å²) in [7, 11) is 0. The second-order valence-electron chi connectivity index (χ2n) is 5.95. The van der Waals surface area contributed by atoms with Crippen molar-refractivity contribution in [1.29, 1.82) is 0 Å². The van der Waals surface area contributed by atoms with Crippen LogP contribution in [0.15, 0.2) is 59.5 Å². The van der Waals surface area contributed by atoms with Crippen molar-refractivity contribution in [3.05, 3.63) is 80.7 Å². The van der Waals surface area contributed by atoms with E-state index >= 15 is 0 Å². The van der Waals surface area contributed by atoms with E-state index in [0.717, 1.165) is 22.2 Å². The zero-order valence-electron chi connectivity index (χ0n) is 14.3. The molecule has 0 aromatic heterocycles. The van der Waals surface area contributed by atoms with Crippen molar-refractivity contribution in [2.75, 3.05) is 0 Å². The monoisotopic (exact) mass is 414 g/mol. The molecule has 0 bridgehead atoms. The first-order valence-corrected chi connectivity index (χ1v) is 9.37. The highest BCUT2D eigenvalue weighted by molar-refractivity contribution is 8.26. The molecule has 1 saturated heterocycles. The lowest BCUT2D eigenvalue weighted by atomic mass is 10.0. The van der Waals surface area contributed by atoms with Gasteiger partial charge in [0.05, 0.1) is 9.83 Å². The number of carbonyl (C=O) groups excluding carboxylic acids is 1. The van der Waals surface area contributed by atoms with Crippen LogP contribution in [0.2, 0.25) is 0 Å². The van der Waals surface area contributed by atoms with Gasteiger partial charge in [0.25, 0.3) is 11.6 Å². The fourth-order valence-corrected chi connectivity index (χ4v) is 4.11. The van der Waals surface area contributed by atoms with Gasteiger partial charge in [-0.05, 0) is 17.2 Å². The van der Waals surface area contributed by atoms with Crippen LogP contribution in [0, 0.1) is 10.1 Å². The van der Waals surface area contributed by atoms with Crippen LogP contribution in [0.3, 0.4) is 0 Å². The van der Waals surface area contributed by atoms with E-state index in [9.17, 15) is 24.8 Å². The second kappa shape index (κ2) is 8.32. The van der Waals surface area contributed by atoms with E-state index in [1.165, 1.54) is 24.3 Å². The predicted molar refractivity (Wildman–Crippen MR) is 110 cm³/mol. The average molecular weight is 414 g/mol. The van der Waals surface area contributed by atoms with Crippen LogP contribution < -0.4 is 0 Å². The minimum Gasteiger partial charge on any atom is -0.480 e. The van der Waals surface area contributed by atoms with Crippen LogP contribution >= 0.6 is 24.0 Å². The Hall–Kier alpha value is -3.04. The second-order valence-corrected chi connectivity index (χ2v) is 7.62. The van der Waals surface area contributed by atoms with Crippen molar-refractivity contribution >= 4 is 51.9 Å². The molecule has 3 rings (SSSR count). The van der Waals surface area contributed by atoms with Gasteiger partial charge in [0.1, 0.15) is 10.4 Å². The topological polar surface area (TPSA) is 101 Å². The third-order valence-electron chi connectivity index (χ3n) is 4.07. The van der Waals surface area contributed by atoms with E-state index in [4.69, 9.17) is 12.2 Å². The van der Waals surface area contributed by atoms with Crippen molar-refractivity contribution in [2.24, 2.45) is 0 Å². The summed E-state index contributed by atoms with van der Waals surface area (Å²) < 4.78 is 0.144. The summed E-state index contributed by atoms with van der Waals surface area (Å²) in [5.74, 6) is -1.68. The van der Waals surface area contributed by atoms with Gasteiger partial charge in [-0.25, -0.2) is 4.79 Å². The van der Waals surface area contributed by atoms with Crippen molar-refractivity contribution < 1.29 is 19.6 Å². The summed E-state index contributed by atoms with van der Waals surface area (Å²) in [6.07, 6.45) is 1.60. The maximum Gasteiger partial charge on any atom is 0.327 e. The molecule has 1 aliphatic heterocycles. The van der Waals surface area contributed by atoms with Gasteiger partial charge in [0.15, 0.2) is 0 Å². The molecular weight excluding hydrogens is 400 g/mol. The number of thiocarbonyl (C=S) groups is 1. The van der Waals surface area contributed by atoms with Crippen LogP contribution in [-0.2, 0) is 16.0 Å². The zero-order valence-corrected chi connectivity index (χ0v) is 16.0. The molecule has 2 aromatic carbocycles. The van der Waals surface area contributed by atoms with Gasteiger partial charge >= 0.3 is 5.97 Å². The van der Waals surface area contributed by atoms with Crippen molar-refractivity contribution in [3.8, 4) is 0 Å². The number of hydrogen-bond donors (Lipinski definition) is 1. The van der Waals surface area contributed by atoms with Crippen LogP contribution in [0.1, 0.15) is 11.1 Å². The molecule has 1 unspecified atom stereocenters. The number of carboxylic acids is 1. The Labute approximate surface area is 169 Å². The number of nitro groups is 1. The third kappa shape index (κ3) is 4.26. The number of rotatable bonds is 6. The number of thioether (sulfide) groups is 1. The van der Waals surface area contributed by atoms with Crippen molar-refractivity contribution in [3.63, 3.8) is 0 Å². The maximum absolute atomic E-state index is 12.8. The third-order valence-corrected chi connectivity index (χ3v) is 5.40. The highest BCUT2D eigenvalue weighted by atomic mass is 32.2. The first-order chi connectivity index (χ1) is 13.4. The quantitative estimate of drug-likeness (QED) is 0.334. The first-order valence-electron chi connectivity index (χ1n) is 8.15. The minimum atomic E-state index is -1.16. The smallest absolute Gasteiger partial charge is 0.327 e. The normalized spacial score (nSPS) is 16.4. The number of carbonyl (C=O) groups is 2. The molecule has 1 atom stereocenters. The fraction of sp³-hybridized carbons (Fsp3) is 0.105. The van der Waals surface area contributed by atoms with Gasteiger partial charge in [-0.3, -0.25) is 19.8 Å². The number of nitro benzene ring substituents is 1. The highest BCUT2D eigenvalue weighted by Crippen LogP contribution is 2.35. The van der Waals surface area contributed by atoms with E-state index in [0.29, 0.717) is 5.56 Å². The molecular formula is C19H14N2O5S2. The van der Waals surface area contributed by atoms with Crippen LogP contribution in [0.5, 0.6) is 0 Å². The summed E-state index contributed by atoms with van der Waals surface area (Å²) in [5, 5.41) is 20.6. The molecule has 0 radical (unpaired) electrons. The van der Waals surface area contributed by atoms with Crippen LogP contribution in [-0.4, -0.2) is 37.2 Å². The summed E-state index contributed by atoms with van der Waals surface area (Å²) in [6.45, 7) is 0. The lowest BCUT2D eigenvalue weighted by Crippen LogP contribution is -2.45. The van der Waals surface area contributed by atoms with E-state index < -0.39 is 22.8 Å². The fourth-order valence-electron chi connectivity index (χ4n) is 2.75. The molecule has 1 amide bonds. The molecule has 0 spiro atoms. The number of nitrogens with zero attached hydrogens (tertiary/aromatic N) is 2. The standard InChI is InChI=1S/C19H14N2O5S2/c22-17-16(11-13-7-4-8-14(9-13)21(25)26)28-19(27)20(17)15(18(23)24)10-12-5-2-1-3-6-12/h1-9,11,15H,10H2,(H,23,24)/b16-11-. The van der Waals surface area contributed by atoms with Gasteiger partial charge in [-0.15, -0.1) is 0 Å². The Kier molecular flexibility index (Phi) is 5.86. The molecule has 0 aliphatic carbocycles. The van der Waals surface area contributed by atoms with E-state index in [1.54, 1.807) is 30.3 Å². The Morgan fingerprint density at radius 3 is 2.61 bits per heavy atom. The van der Waals surface area contributed by atoms with Gasteiger partial charge in [0.2, 0.25) is 0 Å². The summed E-state index contributed by atoms with van der Waals surface area (Å²) in [4.78, 5) is 36.3. The molecule has 9 heteroatoms. The molecule has 0 saturated carbocycles. The number of aliphatic carboxylic acids is 1. The molecule has 1 aliphatic rings. The molecule has 28 heavy (non-hydrogen) atoms. The molecule has 142 valence electrons. The van der Waals surface area contributed by atoms with Crippen molar-refractivity contribution in [2.45, 2.75) is 12.5 Å². The number of amides is 1. The Bertz CT molecular complexity index is 991. The average Bonchev–Trinajstić information content (AvgIpc) is 2.94. The first kappa shape index (κ1) is 19.7. The van der Waals surface area contributed by atoms with E-state index in [-0.39, 0.29) is 21.3 Å². The van der Waals surface area contributed by atoms with Crippen molar-refractivity contribution in [1.82, 2.24) is 4.90 Å². The SMILES string of the molecule is O=C(O)C(Cc1ccccc1)N1C(=O)/C(=C/c2cccc([N+](=O)[O-])c2)SC1=S. The van der Waals surface area contributed by atoms with Gasteiger partial charge in [-0.2, -0.15) is 0 Å². The molecule has 1 N–H and O–H groups in total. The number of carboxylic acid groups (broad SMARTS) is 1. The summed E-state index contributed by atoms with van der Waals surface area (Å²) in [5.41, 5.74) is 1.13. The molecule has 1 heterocycles. The van der Waals surface area contributed by atoms with Crippen LogP contribution in [0.4, 0.5) is 5.69 Å². The predicted octanol–water partition coefficient (Wildman–Crippen LogP) is 3.49. The van der Waals surface area contributed by atoms with Gasteiger partial charge < -0.3 is 5.11 Å². The Morgan fingerprint density at radius 2 is 1.96 bits per heavy atom. The molecule has 2 aromatic rings.